The van der Waals surface area contributed by atoms with Crippen molar-refractivity contribution in [3.8, 4) is 0 Å². The third-order valence-corrected chi connectivity index (χ3v) is 3.11. The van der Waals surface area contributed by atoms with Crippen LogP contribution in [-0.4, -0.2) is 34.2 Å². The Morgan fingerprint density at radius 2 is 2.62 bits per heavy atom. The topological polar surface area (TPSA) is 36.4 Å². The molecule has 72 valence electrons. The third kappa shape index (κ3) is 2.49. The highest BCUT2D eigenvalue weighted by molar-refractivity contribution is 7.09. The van der Waals surface area contributed by atoms with Crippen molar-refractivity contribution in [1.29, 1.82) is 0 Å². The molecule has 1 N–H and O–H groups in total. The SMILES string of the molecule is OC1CCCN(Cc2cncs2)C1. The van der Waals surface area contributed by atoms with Crippen LogP contribution in [0.25, 0.3) is 0 Å². The van der Waals surface area contributed by atoms with Crippen LogP contribution in [0.15, 0.2) is 11.7 Å². The van der Waals surface area contributed by atoms with E-state index in [9.17, 15) is 5.11 Å². The van der Waals surface area contributed by atoms with Gasteiger partial charge in [0.1, 0.15) is 0 Å². The fraction of sp³-hybridized carbons (Fsp3) is 0.667. The number of rotatable bonds is 2. The van der Waals surface area contributed by atoms with E-state index in [-0.39, 0.29) is 6.10 Å². The highest BCUT2D eigenvalue weighted by atomic mass is 32.1. The van der Waals surface area contributed by atoms with E-state index < -0.39 is 0 Å². The van der Waals surface area contributed by atoms with Gasteiger partial charge in [0.15, 0.2) is 0 Å². The van der Waals surface area contributed by atoms with Gasteiger partial charge in [0, 0.05) is 24.2 Å². The largest absolute Gasteiger partial charge is 0.392 e. The van der Waals surface area contributed by atoms with E-state index >= 15 is 0 Å². The molecule has 1 unspecified atom stereocenters. The maximum absolute atomic E-state index is 9.45. The van der Waals surface area contributed by atoms with Crippen molar-refractivity contribution in [3.05, 3.63) is 16.6 Å². The van der Waals surface area contributed by atoms with Crippen molar-refractivity contribution >= 4 is 11.3 Å². The number of piperidine rings is 1. The lowest BCUT2D eigenvalue weighted by atomic mass is 10.1. The Kier molecular flexibility index (Phi) is 2.93. The summed E-state index contributed by atoms with van der Waals surface area (Å²) in [5.41, 5.74) is 1.86. The van der Waals surface area contributed by atoms with E-state index in [1.54, 1.807) is 11.3 Å². The monoisotopic (exact) mass is 198 g/mol. The minimum atomic E-state index is -0.123. The lowest BCUT2D eigenvalue weighted by molar-refractivity contribution is 0.0673. The van der Waals surface area contributed by atoms with E-state index in [0.717, 1.165) is 32.5 Å². The van der Waals surface area contributed by atoms with E-state index in [2.05, 4.69) is 9.88 Å². The van der Waals surface area contributed by atoms with Crippen LogP contribution in [0, 0.1) is 0 Å². The second-order valence-corrected chi connectivity index (χ2v) is 4.47. The Bertz CT molecular complexity index is 250. The molecule has 1 aliphatic heterocycles. The number of aromatic nitrogens is 1. The number of aliphatic hydroxyl groups is 1. The predicted octanol–water partition coefficient (Wildman–Crippen LogP) is 1.10. The van der Waals surface area contributed by atoms with Crippen LogP contribution in [0.1, 0.15) is 17.7 Å². The lowest BCUT2D eigenvalue weighted by Gasteiger charge is -2.29. The number of hydrogen-bond acceptors (Lipinski definition) is 4. The Labute approximate surface area is 82.0 Å². The maximum Gasteiger partial charge on any atom is 0.0794 e. The van der Waals surface area contributed by atoms with Gasteiger partial charge in [0.05, 0.1) is 11.6 Å². The molecule has 1 aromatic rings. The molecule has 0 spiro atoms. The van der Waals surface area contributed by atoms with Gasteiger partial charge >= 0.3 is 0 Å². The molecule has 2 rings (SSSR count). The summed E-state index contributed by atoms with van der Waals surface area (Å²) >= 11 is 1.68. The molecule has 1 aromatic heterocycles. The first kappa shape index (κ1) is 9.12. The number of nitrogens with zero attached hydrogens (tertiary/aromatic N) is 2. The van der Waals surface area contributed by atoms with Crippen molar-refractivity contribution in [2.24, 2.45) is 0 Å². The molecule has 1 saturated heterocycles. The molecule has 2 heterocycles. The molecule has 0 saturated carbocycles. The van der Waals surface area contributed by atoms with Crippen molar-refractivity contribution < 1.29 is 5.11 Å². The minimum absolute atomic E-state index is 0.123. The van der Waals surface area contributed by atoms with Crippen LogP contribution in [0.5, 0.6) is 0 Å². The number of aliphatic hydroxyl groups excluding tert-OH is 1. The zero-order valence-corrected chi connectivity index (χ0v) is 8.33. The number of likely N-dealkylation sites (tertiary alicyclic amines) is 1. The van der Waals surface area contributed by atoms with Crippen molar-refractivity contribution in [1.82, 2.24) is 9.88 Å². The Balaban J connectivity index is 1.87. The quantitative estimate of drug-likeness (QED) is 0.773. The second kappa shape index (κ2) is 4.17. The number of thiazole rings is 1. The molecule has 0 amide bonds. The van der Waals surface area contributed by atoms with Gasteiger partial charge < -0.3 is 5.11 Å². The average Bonchev–Trinajstić information content (AvgIpc) is 2.57. The highest BCUT2D eigenvalue weighted by Crippen LogP contribution is 2.15. The summed E-state index contributed by atoms with van der Waals surface area (Å²) in [7, 11) is 0. The summed E-state index contributed by atoms with van der Waals surface area (Å²) in [6.45, 7) is 2.87. The lowest BCUT2D eigenvalue weighted by Crippen LogP contribution is -2.37. The van der Waals surface area contributed by atoms with Crippen LogP contribution >= 0.6 is 11.3 Å². The van der Waals surface area contributed by atoms with Gasteiger partial charge in [-0.15, -0.1) is 11.3 Å². The van der Waals surface area contributed by atoms with Gasteiger partial charge in [0.25, 0.3) is 0 Å². The van der Waals surface area contributed by atoms with E-state index in [4.69, 9.17) is 0 Å². The van der Waals surface area contributed by atoms with Crippen molar-refractivity contribution in [2.45, 2.75) is 25.5 Å². The summed E-state index contributed by atoms with van der Waals surface area (Å²) in [5.74, 6) is 0. The average molecular weight is 198 g/mol. The smallest absolute Gasteiger partial charge is 0.0794 e. The minimum Gasteiger partial charge on any atom is -0.392 e. The normalized spacial score (nSPS) is 24.8. The van der Waals surface area contributed by atoms with Crippen LogP contribution in [0.2, 0.25) is 0 Å². The fourth-order valence-electron chi connectivity index (χ4n) is 1.72. The summed E-state index contributed by atoms with van der Waals surface area (Å²) in [4.78, 5) is 7.62. The predicted molar refractivity (Wildman–Crippen MR) is 52.6 cm³/mol. The molecule has 0 aromatic carbocycles. The van der Waals surface area contributed by atoms with Crippen LogP contribution < -0.4 is 0 Å². The van der Waals surface area contributed by atoms with Crippen LogP contribution in [0.3, 0.4) is 0 Å². The molecule has 1 atom stereocenters. The zero-order chi connectivity index (χ0) is 9.10. The van der Waals surface area contributed by atoms with Crippen molar-refractivity contribution in [2.75, 3.05) is 13.1 Å². The first-order chi connectivity index (χ1) is 6.34. The third-order valence-electron chi connectivity index (χ3n) is 2.34. The molecule has 3 nitrogen and oxygen atoms in total. The molecule has 13 heavy (non-hydrogen) atoms. The van der Waals surface area contributed by atoms with Crippen LogP contribution in [-0.2, 0) is 6.54 Å². The van der Waals surface area contributed by atoms with Gasteiger partial charge in [-0.25, -0.2) is 0 Å². The van der Waals surface area contributed by atoms with E-state index in [1.165, 1.54) is 4.88 Å². The zero-order valence-electron chi connectivity index (χ0n) is 7.52. The Morgan fingerprint density at radius 1 is 1.69 bits per heavy atom. The first-order valence-electron chi connectivity index (χ1n) is 4.62. The van der Waals surface area contributed by atoms with Gasteiger partial charge in [-0.3, -0.25) is 9.88 Å². The molecular formula is C9H14N2OS. The molecule has 1 aliphatic rings. The number of β-amino-alcohol motifs (C(OH)–C–C–N with tert-alkyl or cyclic N) is 1. The summed E-state index contributed by atoms with van der Waals surface area (Å²) in [6, 6.07) is 0. The summed E-state index contributed by atoms with van der Waals surface area (Å²) in [6.07, 6.45) is 3.85. The van der Waals surface area contributed by atoms with E-state index in [0.29, 0.717) is 0 Å². The fourth-order valence-corrected chi connectivity index (χ4v) is 2.35. The van der Waals surface area contributed by atoms with Gasteiger partial charge in [-0.05, 0) is 19.4 Å². The molecular weight excluding hydrogens is 184 g/mol. The van der Waals surface area contributed by atoms with Gasteiger partial charge in [0.2, 0.25) is 0 Å². The molecule has 0 bridgehead atoms. The standard InChI is InChI=1S/C9H14N2OS/c12-8-2-1-3-11(5-8)6-9-4-10-7-13-9/h4,7-8,12H,1-3,5-6H2. The van der Waals surface area contributed by atoms with E-state index in [1.807, 2.05) is 11.7 Å². The molecule has 1 fully saturated rings. The van der Waals surface area contributed by atoms with Crippen LogP contribution in [0.4, 0.5) is 0 Å². The first-order valence-corrected chi connectivity index (χ1v) is 5.50. The number of hydrogen-bond donors (Lipinski definition) is 1. The molecule has 4 heteroatoms. The highest BCUT2D eigenvalue weighted by Gasteiger charge is 2.17. The van der Waals surface area contributed by atoms with Gasteiger partial charge in [-0.2, -0.15) is 0 Å². The maximum atomic E-state index is 9.45. The summed E-state index contributed by atoms with van der Waals surface area (Å²) in [5, 5.41) is 9.45. The Morgan fingerprint density at radius 3 is 3.31 bits per heavy atom. The van der Waals surface area contributed by atoms with Crippen molar-refractivity contribution in [3.63, 3.8) is 0 Å². The summed E-state index contributed by atoms with van der Waals surface area (Å²) < 4.78 is 0. The Hall–Kier alpha value is -0.450. The molecule has 0 aliphatic carbocycles. The molecule has 0 radical (unpaired) electrons. The van der Waals surface area contributed by atoms with Gasteiger partial charge in [-0.1, -0.05) is 0 Å². The second-order valence-electron chi connectivity index (χ2n) is 3.50.